The number of nitrogens with zero attached hydrogens (tertiary/aromatic N) is 4. The van der Waals surface area contributed by atoms with E-state index in [1.165, 1.54) is 11.0 Å². The molecule has 132 valence electrons. The van der Waals surface area contributed by atoms with E-state index in [-0.39, 0.29) is 18.2 Å². The largest absolute Gasteiger partial charge is 0.368 e. The molecule has 0 radical (unpaired) electrons. The molecule has 1 unspecified atom stereocenters. The van der Waals surface area contributed by atoms with Crippen LogP contribution in [0, 0.1) is 11.7 Å². The van der Waals surface area contributed by atoms with Crippen molar-refractivity contribution < 1.29 is 19.1 Å². The molecule has 0 bridgehead atoms. The van der Waals surface area contributed by atoms with Crippen LogP contribution in [0.1, 0.15) is 6.42 Å². The second kappa shape index (κ2) is 5.69. The minimum Gasteiger partial charge on any atom is -0.368 e. The van der Waals surface area contributed by atoms with E-state index in [9.17, 15) is 19.1 Å². The summed E-state index contributed by atoms with van der Waals surface area (Å²) >= 11 is 0. The van der Waals surface area contributed by atoms with Gasteiger partial charge >= 0.3 is 0 Å². The highest BCUT2D eigenvalue weighted by molar-refractivity contribution is 5.94. The van der Waals surface area contributed by atoms with Crippen LogP contribution in [0.2, 0.25) is 0 Å². The standard InChI is InChI=1S/C16H18FN5O3/c1-20-12-5-13(21-6-9(7-21)8-23)11(17)4-10(12)15(19-20)22-3-2-14(24)18-16(22)25/h4-5,8-9,16,25H,2-3,6-7H2,1H3,(H,18,24). The molecular weight excluding hydrogens is 329 g/mol. The molecule has 9 heteroatoms. The Balaban J connectivity index is 1.72. The van der Waals surface area contributed by atoms with E-state index in [0.717, 1.165) is 6.29 Å². The number of aliphatic hydroxyl groups excluding tert-OH is 1. The van der Waals surface area contributed by atoms with Crippen molar-refractivity contribution in [2.24, 2.45) is 13.0 Å². The number of aromatic nitrogens is 2. The van der Waals surface area contributed by atoms with E-state index < -0.39 is 12.2 Å². The van der Waals surface area contributed by atoms with Crippen molar-refractivity contribution in [2.45, 2.75) is 12.8 Å². The number of nitrogens with one attached hydrogen (secondary N) is 1. The topological polar surface area (TPSA) is 90.7 Å². The normalized spacial score (nSPS) is 21.4. The Hall–Kier alpha value is -2.68. The molecule has 3 heterocycles. The van der Waals surface area contributed by atoms with Gasteiger partial charge in [0.05, 0.1) is 11.2 Å². The van der Waals surface area contributed by atoms with E-state index in [1.54, 1.807) is 17.8 Å². The van der Waals surface area contributed by atoms with E-state index in [0.29, 0.717) is 42.0 Å². The van der Waals surface area contributed by atoms with Gasteiger partial charge < -0.3 is 25.0 Å². The van der Waals surface area contributed by atoms with Crippen molar-refractivity contribution in [1.82, 2.24) is 15.1 Å². The molecule has 2 aliphatic heterocycles. The number of halogens is 1. The Kier molecular flexibility index (Phi) is 3.60. The number of fused-ring (bicyclic) bond motifs is 1. The third-order valence-corrected chi connectivity index (χ3v) is 4.78. The second-order valence-corrected chi connectivity index (χ2v) is 6.45. The van der Waals surface area contributed by atoms with Crippen LogP contribution in [-0.4, -0.2) is 53.1 Å². The number of anilines is 2. The molecule has 0 spiro atoms. The first kappa shape index (κ1) is 15.8. The summed E-state index contributed by atoms with van der Waals surface area (Å²) < 4.78 is 16.2. The molecule has 2 aromatic rings. The molecule has 1 amide bonds. The fourth-order valence-corrected chi connectivity index (χ4v) is 3.36. The number of aldehydes is 1. The molecule has 4 rings (SSSR count). The first-order chi connectivity index (χ1) is 12.0. The highest BCUT2D eigenvalue weighted by Crippen LogP contribution is 2.34. The van der Waals surface area contributed by atoms with Crippen molar-refractivity contribution in [3.63, 3.8) is 0 Å². The van der Waals surface area contributed by atoms with Crippen LogP contribution >= 0.6 is 0 Å². The summed E-state index contributed by atoms with van der Waals surface area (Å²) in [6, 6.07) is 3.10. The van der Waals surface area contributed by atoms with Crippen molar-refractivity contribution in [2.75, 3.05) is 29.4 Å². The van der Waals surface area contributed by atoms with Gasteiger partial charge in [-0.15, -0.1) is 0 Å². The smallest absolute Gasteiger partial charge is 0.225 e. The molecule has 1 aromatic carbocycles. The summed E-state index contributed by atoms with van der Waals surface area (Å²) in [6.07, 6.45) is -0.0663. The summed E-state index contributed by atoms with van der Waals surface area (Å²) in [6.45, 7) is 1.32. The van der Waals surface area contributed by atoms with Crippen molar-refractivity contribution in [1.29, 1.82) is 0 Å². The maximum atomic E-state index is 14.6. The summed E-state index contributed by atoms with van der Waals surface area (Å²) in [7, 11) is 1.74. The summed E-state index contributed by atoms with van der Waals surface area (Å²) in [5.41, 5.74) is 1.15. The average Bonchev–Trinajstić information content (AvgIpc) is 2.83. The highest BCUT2D eigenvalue weighted by Gasteiger charge is 2.31. The summed E-state index contributed by atoms with van der Waals surface area (Å²) in [4.78, 5) is 25.5. The van der Waals surface area contributed by atoms with E-state index in [2.05, 4.69) is 10.4 Å². The quantitative estimate of drug-likeness (QED) is 0.757. The molecule has 2 N–H and O–H groups in total. The number of carbonyl (C=O) groups is 2. The Morgan fingerprint density at radius 2 is 2.16 bits per heavy atom. The molecule has 2 fully saturated rings. The van der Waals surface area contributed by atoms with Gasteiger partial charge in [-0.1, -0.05) is 0 Å². The van der Waals surface area contributed by atoms with Gasteiger partial charge in [0.1, 0.15) is 12.1 Å². The number of aryl methyl sites for hydroxylation is 1. The Labute approximate surface area is 142 Å². The first-order valence-corrected chi connectivity index (χ1v) is 8.08. The number of carbonyl (C=O) groups excluding carboxylic acids is 2. The number of rotatable bonds is 3. The minimum absolute atomic E-state index is 0.0516. The molecule has 1 atom stereocenters. The van der Waals surface area contributed by atoms with Crippen molar-refractivity contribution in [3.8, 4) is 0 Å². The van der Waals surface area contributed by atoms with Crippen LogP contribution in [-0.2, 0) is 16.6 Å². The zero-order valence-corrected chi connectivity index (χ0v) is 13.6. The van der Waals surface area contributed by atoms with Crippen LogP contribution in [0.5, 0.6) is 0 Å². The van der Waals surface area contributed by atoms with Gasteiger partial charge in [0.25, 0.3) is 0 Å². The third-order valence-electron chi connectivity index (χ3n) is 4.78. The van der Waals surface area contributed by atoms with Gasteiger partial charge in [-0.3, -0.25) is 9.48 Å². The lowest BCUT2D eigenvalue weighted by molar-refractivity contribution is -0.125. The number of benzene rings is 1. The number of hydrogen-bond donors (Lipinski definition) is 2. The highest BCUT2D eigenvalue weighted by atomic mass is 19.1. The van der Waals surface area contributed by atoms with Crippen LogP contribution in [0.4, 0.5) is 15.9 Å². The molecule has 8 nitrogen and oxygen atoms in total. The van der Waals surface area contributed by atoms with E-state index in [4.69, 9.17) is 0 Å². The van der Waals surface area contributed by atoms with Crippen LogP contribution in [0.25, 0.3) is 10.9 Å². The fraction of sp³-hybridized carbons (Fsp3) is 0.438. The van der Waals surface area contributed by atoms with Crippen molar-refractivity contribution >= 4 is 34.6 Å². The van der Waals surface area contributed by atoms with E-state index in [1.807, 2.05) is 4.90 Å². The fourth-order valence-electron chi connectivity index (χ4n) is 3.36. The SMILES string of the molecule is Cn1nc(N2CCC(=O)NC2O)c2cc(F)c(N3CC(C=O)C3)cc21. The van der Waals surface area contributed by atoms with Gasteiger partial charge in [-0.25, -0.2) is 4.39 Å². The van der Waals surface area contributed by atoms with Crippen LogP contribution in [0.15, 0.2) is 12.1 Å². The Bertz CT molecular complexity index is 861. The van der Waals surface area contributed by atoms with Gasteiger partial charge in [-0.2, -0.15) is 5.10 Å². The van der Waals surface area contributed by atoms with E-state index >= 15 is 0 Å². The van der Waals surface area contributed by atoms with Crippen LogP contribution < -0.4 is 15.1 Å². The molecule has 0 saturated carbocycles. The first-order valence-electron chi connectivity index (χ1n) is 8.08. The van der Waals surface area contributed by atoms with Gasteiger partial charge in [0.15, 0.2) is 5.82 Å². The van der Waals surface area contributed by atoms with Gasteiger partial charge in [0, 0.05) is 44.4 Å². The zero-order valence-electron chi connectivity index (χ0n) is 13.6. The maximum absolute atomic E-state index is 14.6. The Morgan fingerprint density at radius 1 is 1.40 bits per heavy atom. The lowest BCUT2D eigenvalue weighted by Crippen LogP contribution is -2.54. The number of hydrogen-bond acceptors (Lipinski definition) is 6. The van der Waals surface area contributed by atoms with Crippen LogP contribution in [0.3, 0.4) is 0 Å². The predicted molar refractivity (Wildman–Crippen MR) is 88.6 cm³/mol. The summed E-state index contributed by atoms with van der Waals surface area (Å²) in [5, 5.41) is 17.5. The molecule has 25 heavy (non-hydrogen) atoms. The molecular formula is C16H18FN5O3. The molecule has 2 saturated heterocycles. The molecule has 1 aromatic heterocycles. The lowest BCUT2D eigenvalue weighted by atomic mass is 10.0. The monoisotopic (exact) mass is 347 g/mol. The minimum atomic E-state index is -1.19. The Morgan fingerprint density at radius 3 is 2.84 bits per heavy atom. The third kappa shape index (κ3) is 2.51. The maximum Gasteiger partial charge on any atom is 0.225 e. The number of amides is 1. The van der Waals surface area contributed by atoms with Gasteiger partial charge in [-0.05, 0) is 12.1 Å². The predicted octanol–water partition coefficient (Wildman–Crippen LogP) is -0.0503. The lowest BCUT2D eigenvalue weighted by Gasteiger charge is -2.38. The zero-order chi connectivity index (χ0) is 17.7. The molecule has 0 aliphatic carbocycles. The number of aliphatic hydroxyl groups is 1. The van der Waals surface area contributed by atoms with Crippen molar-refractivity contribution in [3.05, 3.63) is 17.9 Å². The van der Waals surface area contributed by atoms with Gasteiger partial charge in [0.2, 0.25) is 12.3 Å². The summed E-state index contributed by atoms with van der Waals surface area (Å²) in [5.74, 6) is -0.268. The average molecular weight is 347 g/mol. The molecule has 2 aliphatic rings. The second-order valence-electron chi connectivity index (χ2n) is 6.45.